The third-order valence-electron chi connectivity index (χ3n) is 4.06. The smallest absolute Gasteiger partial charge is 0.223 e. The summed E-state index contributed by atoms with van der Waals surface area (Å²) in [7, 11) is 1.71. The van der Waals surface area contributed by atoms with Crippen LogP contribution in [0.3, 0.4) is 0 Å². The Morgan fingerprint density at radius 1 is 1.19 bits per heavy atom. The van der Waals surface area contributed by atoms with Crippen molar-refractivity contribution < 1.29 is 18.0 Å². The second kappa shape index (κ2) is 8.31. The van der Waals surface area contributed by atoms with Crippen molar-refractivity contribution in [1.82, 2.24) is 9.88 Å². The molecule has 27 heavy (non-hydrogen) atoms. The Morgan fingerprint density at radius 3 is 2.63 bits per heavy atom. The van der Waals surface area contributed by atoms with Crippen molar-refractivity contribution in [2.45, 2.75) is 19.4 Å². The quantitative estimate of drug-likeness (QED) is 0.603. The van der Waals surface area contributed by atoms with Gasteiger partial charge in [-0.2, -0.15) is 0 Å². The van der Waals surface area contributed by atoms with E-state index in [1.54, 1.807) is 24.1 Å². The fourth-order valence-electron chi connectivity index (χ4n) is 2.60. The first-order valence-corrected chi connectivity index (χ1v) is 8.68. The molecule has 1 amide bonds. The standard InChI is InChI=1S/C20H17ClF2N2O2/c1-25(12-13-2-4-14(21)5-3-13)20(26)9-8-19-24-11-18(27-19)16-7-6-15(22)10-17(16)23/h2-7,10-11H,8-9,12H2,1H3. The summed E-state index contributed by atoms with van der Waals surface area (Å²) >= 11 is 5.85. The molecule has 0 radical (unpaired) electrons. The summed E-state index contributed by atoms with van der Waals surface area (Å²) in [5.41, 5.74) is 1.10. The van der Waals surface area contributed by atoms with Gasteiger partial charge in [0.25, 0.3) is 0 Å². The normalized spacial score (nSPS) is 10.8. The predicted molar refractivity (Wildman–Crippen MR) is 98.1 cm³/mol. The van der Waals surface area contributed by atoms with Crippen LogP contribution in [0.15, 0.2) is 53.1 Å². The highest BCUT2D eigenvalue weighted by Crippen LogP contribution is 2.24. The number of aromatic nitrogens is 1. The summed E-state index contributed by atoms with van der Waals surface area (Å²) in [6.45, 7) is 0.466. The van der Waals surface area contributed by atoms with E-state index < -0.39 is 11.6 Å². The first-order chi connectivity index (χ1) is 12.9. The summed E-state index contributed by atoms with van der Waals surface area (Å²) in [5, 5.41) is 0.644. The number of carbonyl (C=O) groups is 1. The number of hydrogen-bond donors (Lipinski definition) is 0. The monoisotopic (exact) mass is 390 g/mol. The van der Waals surface area contributed by atoms with E-state index in [9.17, 15) is 13.6 Å². The molecule has 4 nitrogen and oxygen atoms in total. The Morgan fingerprint density at radius 2 is 1.93 bits per heavy atom. The highest BCUT2D eigenvalue weighted by molar-refractivity contribution is 6.30. The second-order valence-corrected chi connectivity index (χ2v) is 6.56. The highest BCUT2D eigenvalue weighted by Gasteiger charge is 2.14. The number of benzene rings is 2. The minimum Gasteiger partial charge on any atom is -0.441 e. The largest absolute Gasteiger partial charge is 0.441 e. The van der Waals surface area contributed by atoms with Crippen LogP contribution in [-0.4, -0.2) is 22.8 Å². The fourth-order valence-corrected chi connectivity index (χ4v) is 2.72. The summed E-state index contributed by atoms with van der Waals surface area (Å²) in [5.74, 6) is -0.939. The van der Waals surface area contributed by atoms with E-state index in [-0.39, 0.29) is 30.1 Å². The van der Waals surface area contributed by atoms with E-state index in [1.165, 1.54) is 12.3 Å². The molecule has 1 heterocycles. The number of carbonyl (C=O) groups excluding carboxylic acids is 1. The topological polar surface area (TPSA) is 46.3 Å². The molecule has 2 aromatic carbocycles. The molecule has 7 heteroatoms. The Labute approximate surface area is 160 Å². The average molecular weight is 391 g/mol. The number of oxazole rings is 1. The van der Waals surface area contributed by atoms with Crippen molar-refractivity contribution >= 4 is 17.5 Å². The van der Waals surface area contributed by atoms with Gasteiger partial charge in [0, 0.05) is 37.5 Å². The number of amides is 1. The molecule has 0 aliphatic carbocycles. The summed E-state index contributed by atoms with van der Waals surface area (Å²) < 4.78 is 32.3. The van der Waals surface area contributed by atoms with Crippen LogP contribution in [0.25, 0.3) is 11.3 Å². The predicted octanol–water partition coefficient (Wildman–Crippen LogP) is 4.86. The fraction of sp³-hybridized carbons (Fsp3) is 0.200. The molecular weight excluding hydrogens is 374 g/mol. The first-order valence-electron chi connectivity index (χ1n) is 8.31. The van der Waals surface area contributed by atoms with Gasteiger partial charge < -0.3 is 9.32 Å². The van der Waals surface area contributed by atoms with Crippen molar-refractivity contribution in [3.63, 3.8) is 0 Å². The number of halogens is 3. The lowest BCUT2D eigenvalue weighted by molar-refractivity contribution is -0.130. The molecule has 0 fully saturated rings. The molecule has 3 rings (SSSR count). The number of aryl methyl sites for hydroxylation is 1. The van der Waals surface area contributed by atoms with E-state index in [1.807, 2.05) is 12.1 Å². The summed E-state index contributed by atoms with van der Waals surface area (Å²) in [6, 6.07) is 10.5. The molecule has 0 atom stereocenters. The molecule has 3 aromatic rings. The third kappa shape index (κ3) is 4.92. The first kappa shape index (κ1) is 19.0. The zero-order chi connectivity index (χ0) is 19.4. The molecule has 0 aliphatic rings. The maximum Gasteiger partial charge on any atom is 0.223 e. The molecule has 0 unspecified atom stereocenters. The van der Waals surface area contributed by atoms with Crippen LogP contribution < -0.4 is 0 Å². The molecule has 0 bridgehead atoms. The average Bonchev–Trinajstić information content (AvgIpc) is 3.10. The molecule has 0 N–H and O–H groups in total. The van der Waals surface area contributed by atoms with Crippen LogP contribution in [0.2, 0.25) is 5.02 Å². The van der Waals surface area contributed by atoms with Gasteiger partial charge in [0.1, 0.15) is 11.6 Å². The van der Waals surface area contributed by atoms with Crippen molar-refractivity contribution in [2.24, 2.45) is 0 Å². The van der Waals surface area contributed by atoms with Crippen LogP contribution in [0.1, 0.15) is 17.9 Å². The van der Waals surface area contributed by atoms with Crippen molar-refractivity contribution in [3.8, 4) is 11.3 Å². The van der Waals surface area contributed by atoms with Gasteiger partial charge in [-0.15, -0.1) is 0 Å². The molecule has 0 spiro atoms. The van der Waals surface area contributed by atoms with Gasteiger partial charge in [-0.1, -0.05) is 23.7 Å². The lowest BCUT2D eigenvalue weighted by Gasteiger charge is -2.17. The van der Waals surface area contributed by atoms with Gasteiger partial charge in [0.15, 0.2) is 11.7 Å². The van der Waals surface area contributed by atoms with Crippen LogP contribution >= 0.6 is 11.6 Å². The zero-order valence-electron chi connectivity index (χ0n) is 14.6. The Kier molecular flexibility index (Phi) is 5.86. The van der Waals surface area contributed by atoms with E-state index in [0.717, 1.165) is 17.7 Å². The summed E-state index contributed by atoms with van der Waals surface area (Å²) in [4.78, 5) is 18.0. The van der Waals surface area contributed by atoms with Crippen molar-refractivity contribution in [2.75, 3.05) is 7.05 Å². The van der Waals surface area contributed by atoms with Crippen molar-refractivity contribution in [1.29, 1.82) is 0 Å². The maximum atomic E-state index is 13.8. The minimum atomic E-state index is -0.725. The van der Waals surface area contributed by atoms with Gasteiger partial charge in [0.2, 0.25) is 5.91 Å². The molecule has 1 aromatic heterocycles. The van der Waals surface area contributed by atoms with Crippen LogP contribution in [0, 0.1) is 11.6 Å². The third-order valence-corrected chi connectivity index (χ3v) is 4.31. The van der Waals surface area contributed by atoms with E-state index in [4.69, 9.17) is 16.0 Å². The highest BCUT2D eigenvalue weighted by atomic mass is 35.5. The van der Waals surface area contributed by atoms with Gasteiger partial charge in [-0.3, -0.25) is 4.79 Å². The summed E-state index contributed by atoms with van der Waals surface area (Å²) in [6.07, 6.45) is 1.86. The van der Waals surface area contributed by atoms with Gasteiger partial charge >= 0.3 is 0 Å². The van der Waals surface area contributed by atoms with Crippen LogP contribution in [0.4, 0.5) is 8.78 Å². The molecular formula is C20H17ClF2N2O2. The minimum absolute atomic E-state index is 0.0716. The molecule has 0 saturated heterocycles. The molecule has 140 valence electrons. The SMILES string of the molecule is CN(Cc1ccc(Cl)cc1)C(=O)CCc1ncc(-c2ccc(F)cc2F)o1. The maximum absolute atomic E-state index is 13.8. The van der Waals surface area contributed by atoms with Crippen LogP contribution in [0.5, 0.6) is 0 Å². The Bertz CT molecular complexity index is 941. The zero-order valence-corrected chi connectivity index (χ0v) is 15.3. The van der Waals surface area contributed by atoms with E-state index in [0.29, 0.717) is 17.5 Å². The second-order valence-electron chi connectivity index (χ2n) is 6.12. The van der Waals surface area contributed by atoms with Crippen molar-refractivity contribution in [3.05, 3.63) is 76.8 Å². The molecule has 0 saturated carbocycles. The van der Waals surface area contributed by atoms with Gasteiger partial charge in [-0.05, 0) is 29.8 Å². The van der Waals surface area contributed by atoms with Gasteiger partial charge in [-0.25, -0.2) is 13.8 Å². The van der Waals surface area contributed by atoms with E-state index in [2.05, 4.69) is 4.98 Å². The van der Waals surface area contributed by atoms with E-state index >= 15 is 0 Å². The Balaban J connectivity index is 1.57. The lowest BCUT2D eigenvalue weighted by Crippen LogP contribution is -2.26. The molecule has 0 aliphatic heterocycles. The Hall–Kier alpha value is -2.73. The number of nitrogens with zero attached hydrogens (tertiary/aromatic N) is 2. The van der Waals surface area contributed by atoms with Gasteiger partial charge in [0.05, 0.1) is 11.8 Å². The number of hydrogen-bond acceptors (Lipinski definition) is 3. The lowest BCUT2D eigenvalue weighted by atomic mass is 10.2. The van der Waals surface area contributed by atoms with Crippen LogP contribution in [-0.2, 0) is 17.8 Å². The number of rotatable bonds is 6.